The number of nitrogens with one attached hydrogen (secondary N) is 2. The molecule has 0 radical (unpaired) electrons. The maximum Gasteiger partial charge on any atom is 0.323 e. The van der Waals surface area contributed by atoms with E-state index in [1.165, 1.54) is 5.56 Å². The van der Waals surface area contributed by atoms with Crippen LogP contribution in [0.3, 0.4) is 0 Å². The molecule has 0 fully saturated rings. The zero-order valence-electron chi connectivity index (χ0n) is 11.7. The number of aromatic amines is 2. The van der Waals surface area contributed by atoms with E-state index in [9.17, 15) is 4.79 Å². The average Bonchev–Trinajstić information content (AvgIpc) is 2.68. The molecule has 0 aliphatic heterocycles. The second kappa shape index (κ2) is 5.59. The highest BCUT2D eigenvalue weighted by atomic mass is 16.1. The molecule has 0 aliphatic carbocycles. The van der Waals surface area contributed by atoms with E-state index in [1.807, 2.05) is 18.2 Å². The molecule has 2 rings (SSSR count). The van der Waals surface area contributed by atoms with Crippen LogP contribution in [-0.2, 0) is 6.54 Å². The Balaban J connectivity index is 2.18. The van der Waals surface area contributed by atoms with Gasteiger partial charge in [-0.25, -0.2) is 4.79 Å². The Morgan fingerprint density at radius 1 is 1.26 bits per heavy atom. The van der Waals surface area contributed by atoms with Crippen molar-refractivity contribution in [1.29, 1.82) is 0 Å². The zero-order chi connectivity index (χ0) is 14.0. The number of hydrogen-bond acceptors (Lipinski definition) is 3. The van der Waals surface area contributed by atoms with Crippen LogP contribution in [0, 0.1) is 5.92 Å². The number of rotatable bonds is 5. The van der Waals surface area contributed by atoms with Crippen LogP contribution in [0.1, 0.15) is 19.4 Å². The number of H-pyrrole nitrogens is 2. The third kappa shape index (κ3) is 3.05. The molecule has 2 aromatic rings. The van der Waals surface area contributed by atoms with Gasteiger partial charge >= 0.3 is 5.69 Å². The lowest BCUT2D eigenvalue weighted by Crippen LogP contribution is -2.41. The number of nitrogens with two attached hydrogens (primary N) is 1. The minimum atomic E-state index is -0.164. The lowest BCUT2D eigenvalue weighted by molar-refractivity contribution is 0.190. The van der Waals surface area contributed by atoms with Gasteiger partial charge in [-0.2, -0.15) is 0 Å². The summed E-state index contributed by atoms with van der Waals surface area (Å²) in [6.07, 6.45) is 0. The molecule has 1 heterocycles. The summed E-state index contributed by atoms with van der Waals surface area (Å²) in [5.74, 6) is 0.519. The third-order valence-corrected chi connectivity index (χ3v) is 3.59. The molecule has 0 saturated heterocycles. The SMILES string of the molecule is CC(C)C(CN)N(C)Cc1ccc2[nH]c(=O)[nH]c2c1. The molecule has 1 unspecified atom stereocenters. The first kappa shape index (κ1) is 13.8. The van der Waals surface area contributed by atoms with Crippen molar-refractivity contribution in [2.45, 2.75) is 26.4 Å². The van der Waals surface area contributed by atoms with Gasteiger partial charge in [0.05, 0.1) is 11.0 Å². The summed E-state index contributed by atoms with van der Waals surface area (Å²) >= 11 is 0. The van der Waals surface area contributed by atoms with Gasteiger partial charge in [-0.05, 0) is 30.7 Å². The molecule has 19 heavy (non-hydrogen) atoms. The van der Waals surface area contributed by atoms with Gasteiger partial charge in [0.15, 0.2) is 0 Å². The van der Waals surface area contributed by atoms with Crippen molar-refractivity contribution in [3.8, 4) is 0 Å². The van der Waals surface area contributed by atoms with Gasteiger partial charge in [0.1, 0.15) is 0 Å². The molecule has 5 nitrogen and oxygen atoms in total. The minimum absolute atomic E-state index is 0.164. The Morgan fingerprint density at radius 2 is 1.95 bits per heavy atom. The van der Waals surface area contributed by atoms with Crippen LogP contribution in [-0.4, -0.2) is 34.5 Å². The molecule has 104 valence electrons. The Morgan fingerprint density at radius 3 is 2.58 bits per heavy atom. The Bertz CT molecular complexity index is 599. The fourth-order valence-corrected chi connectivity index (χ4v) is 2.54. The van der Waals surface area contributed by atoms with Crippen molar-refractivity contribution in [2.24, 2.45) is 11.7 Å². The predicted molar refractivity (Wildman–Crippen MR) is 78.1 cm³/mol. The summed E-state index contributed by atoms with van der Waals surface area (Å²) < 4.78 is 0. The van der Waals surface area contributed by atoms with E-state index in [4.69, 9.17) is 5.73 Å². The molecule has 0 spiro atoms. The fraction of sp³-hybridized carbons (Fsp3) is 0.500. The molecule has 0 aliphatic rings. The number of hydrogen-bond donors (Lipinski definition) is 3. The molecule has 0 bridgehead atoms. The molecule has 0 saturated carbocycles. The van der Waals surface area contributed by atoms with E-state index in [2.05, 4.69) is 35.8 Å². The molecular weight excluding hydrogens is 240 g/mol. The van der Waals surface area contributed by atoms with Crippen LogP contribution in [0.4, 0.5) is 0 Å². The van der Waals surface area contributed by atoms with Gasteiger partial charge in [0, 0.05) is 19.1 Å². The van der Waals surface area contributed by atoms with E-state index in [-0.39, 0.29) is 5.69 Å². The van der Waals surface area contributed by atoms with Crippen LogP contribution in [0.5, 0.6) is 0 Å². The van der Waals surface area contributed by atoms with Gasteiger partial charge in [0.2, 0.25) is 0 Å². The van der Waals surface area contributed by atoms with Crippen molar-refractivity contribution in [3.05, 3.63) is 34.2 Å². The largest absolute Gasteiger partial charge is 0.329 e. The first-order valence-electron chi connectivity index (χ1n) is 6.62. The van der Waals surface area contributed by atoms with E-state index in [0.29, 0.717) is 18.5 Å². The number of aromatic nitrogens is 2. The van der Waals surface area contributed by atoms with Crippen LogP contribution in [0.2, 0.25) is 0 Å². The number of benzene rings is 1. The lowest BCUT2D eigenvalue weighted by atomic mass is 10.0. The van der Waals surface area contributed by atoms with E-state index < -0.39 is 0 Å². The van der Waals surface area contributed by atoms with Crippen molar-refractivity contribution >= 4 is 11.0 Å². The summed E-state index contributed by atoms with van der Waals surface area (Å²) in [6.45, 7) is 5.84. The van der Waals surface area contributed by atoms with E-state index in [0.717, 1.165) is 17.6 Å². The summed E-state index contributed by atoms with van der Waals surface area (Å²) in [7, 11) is 2.08. The van der Waals surface area contributed by atoms with Crippen molar-refractivity contribution in [2.75, 3.05) is 13.6 Å². The molecule has 1 aromatic carbocycles. The van der Waals surface area contributed by atoms with Crippen LogP contribution in [0.15, 0.2) is 23.0 Å². The average molecular weight is 262 g/mol. The minimum Gasteiger partial charge on any atom is -0.329 e. The van der Waals surface area contributed by atoms with Crippen molar-refractivity contribution in [1.82, 2.24) is 14.9 Å². The molecule has 1 aromatic heterocycles. The van der Waals surface area contributed by atoms with Gasteiger partial charge in [-0.15, -0.1) is 0 Å². The number of nitrogens with zero attached hydrogens (tertiary/aromatic N) is 1. The lowest BCUT2D eigenvalue weighted by Gasteiger charge is -2.30. The Labute approximate surface area is 112 Å². The monoisotopic (exact) mass is 262 g/mol. The molecule has 4 N–H and O–H groups in total. The van der Waals surface area contributed by atoms with Gasteiger partial charge in [-0.3, -0.25) is 4.90 Å². The van der Waals surface area contributed by atoms with Crippen LogP contribution < -0.4 is 11.4 Å². The quantitative estimate of drug-likeness (QED) is 0.759. The van der Waals surface area contributed by atoms with Crippen molar-refractivity contribution < 1.29 is 0 Å². The summed E-state index contributed by atoms with van der Waals surface area (Å²) in [4.78, 5) is 19.0. The normalized spacial score (nSPS) is 13.6. The van der Waals surface area contributed by atoms with Crippen LogP contribution >= 0.6 is 0 Å². The topological polar surface area (TPSA) is 77.9 Å². The number of likely N-dealkylation sites (N-methyl/N-ethyl adjacent to an activating group) is 1. The maximum atomic E-state index is 11.2. The van der Waals surface area contributed by atoms with Crippen LogP contribution in [0.25, 0.3) is 11.0 Å². The Hall–Kier alpha value is -1.59. The van der Waals surface area contributed by atoms with E-state index >= 15 is 0 Å². The fourth-order valence-electron chi connectivity index (χ4n) is 2.54. The molecular formula is C14H22N4O. The van der Waals surface area contributed by atoms with E-state index in [1.54, 1.807) is 0 Å². The predicted octanol–water partition coefficient (Wildman–Crippen LogP) is 1.27. The smallest absolute Gasteiger partial charge is 0.323 e. The first-order valence-corrected chi connectivity index (χ1v) is 6.62. The van der Waals surface area contributed by atoms with Gasteiger partial charge < -0.3 is 15.7 Å². The van der Waals surface area contributed by atoms with Gasteiger partial charge in [0.25, 0.3) is 0 Å². The maximum absolute atomic E-state index is 11.2. The second-order valence-electron chi connectivity index (χ2n) is 5.42. The summed E-state index contributed by atoms with van der Waals surface area (Å²) in [5.41, 5.74) is 8.53. The summed E-state index contributed by atoms with van der Waals surface area (Å²) in [6, 6.07) is 6.35. The van der Waals surface area contributed by atoms with Crippen molar-refractivity contribution in [3.63, 3.8) is 0 Å². The Kier molecular flexibility index (Phi) is 4.07. The highest BCUT2D eigenvalue weighted by Gasteiger charge is 2.17. The third-order valence-electron chi connectivity index (χ3n) is 3.59. The molecule has 0 amide bonds. The highest BCUT2D eigenvalue weighted by molar-refractivity contribution is 5.74. The second-order valence-corrected chi connectivity index (χ2v) is 5.42. The highest BCUT2D eigenvalue weighted by Crippen LogP contribution is 2.15. The number of imidazole rings is 1. The first-order chi connectivity index (χ1) is 9.01. The van der Waals surface area contributed by atoms with Gasteiger partial charge in [-0.1, -0.05) is 19.9 Å². The molecule has 1 atom stereocenters. The summed E-state index contributed by atoms with van der Waals surface area (Å²) in [5, 5.41) is 0. The zero-order valence-corrected chi connectivity index (χ0v) is 11.7. The molecule has 5 heteroatoms. The number of fused-ring (bicyclic) bond motifs is 1. The standard InChI is InChI=1S/C14H22N4O/c1-9(2)13(7-15)18(3)8-10-4-5-11-12(6-10)17-14(19)16-11/h4-6,9,13H,7-8,15H2,1-3H3,(H2,16,17,19).